The van der Waals surface area contributed by atoms with Gasteiger partial charge in [0, 0.05) is 25.6 Å². The average molecular weight is 360 g/mol. The second-order valence-electron chi connectivity index (χ2n) is 6.90. The second kappa shape index (κ2) is 6.76. The molecule has 136 valence electrons. The molecule has 2 aromatic rings. The van der Waals surface area contributed by atoms with E-state index in [1.165, 1.54) is 24.3 Å². The van der Waals surface area contributed by atoms with E-state index >= 15 is 0 Å². The summed E-state index contributed by atoms with van der Waals surface area (Å²) in [5.74, 6) is -2.81. The highest BCUT2D eigenvalue weighted by molar-refractivity contribution is 5.83. The smallest absolute Gasteiger partial charge is 0.226 e. The van der Waals surface area contributed by atoms with Gasteiger partial charge in [0.2, 0.25) is 5.91 Å². The minimum absolute atomic E-state index is 0.0746. The van der Waals surface area contributed by atoms with Crippen molar-refractivity contribution >= 4 is 5.91 Å². The highest BCUT2D eigenvalue weighted by Gasteiger charge is 2.48. The van der Waals surface area contributed by atoms with Crippen LogP contribution in [0.5, 0.6) is 0 Å². The summed E-state index contributed by atoms with van der Waals surface area (Å²) in [6.45, 7) is 1.71. The number of carbonyl (C=O) groups excluding carboxylic acids is 1. The van der Waals surface area contributed by atoms with Crippen LogP contribution in [0.25, 0.3) is 0 Å². The Morgan fingerprint density at radius 2 is 1.92 bits per heavy atom. The first-order chi connectivity index (χ1) is 12.6. The molecule has 1 N–H and O–H groups in total. The summed E-state index contributed by atoms with van der Waals surface area (Å²) >= 11 is 0. The van der Waals surface area contributed by atoms with Gasteiger partial charge in [-0.1, -0.05) is 24.3 Å². The Bertz CT molecular complexity index is 842. The van der Waals surface area contributed by atoms with Gasteiger partial charge in [-0.2, -0.15) is 0 Å². The van der Waals surface area contributed by atoms with Crippen LogP contribution in [0.4, 0.5) is 13.2 Å². The molecule has 2 fully saturated rings. The predicted octanol–water partition coefficient (Wildman–Crippen LogP) is 3.38. The van der Waals surface area contributed by atoms with E-state index in [9.17, 15) is 18.0 Å². The quantitative estimate of drug-likeness (QED) is 0.910. The molecular weight excluding hydrogens is 341 g/mol. The lowest BCUT2D eigenvalue weighted by Gasteiger charge is -2.37. The molecule has 1 aliphatic heterocycles. The van der Waals surface area contributed by atoms with Crippen LogP contribution in [0, 0.1) is 23.4 Å². The third-order valence-corrected chi connectivity index (χ3v) is 5.25. The summed E-state index contributed by atoms with van der Waals surface area (Å²) in [6, 6.07) is 10.1. The normalized spacial score (nSPS) is 25.2. The molecule has 2 aliphatic rings. The van der Waals surface area contributed by atoms with Crippen LogP contribution in [-0.4, -0.2) is 30.4 Å². The Balaban J connectivity index is 1.54. The monoisotopic (exact) mass is 360 g/mol. The lowest BCUT2D eigenvalue weighted by Crippen LogP contribution is -2.49. The fourth-order valence-corrected chi connectivity index (χ4v) is 3.81. The Kier molecular flexibility index (Phi) is 4.44. The summed E-state index contributed by atoms with van der Waals surface area (Å²) in [5, 5.41) is 3.23. The van der Waals surface area contributed by atoms with Crippen LogP contribution in [0.2, 0.25) is 0 Å². The van der Waals surface area contributed by atoms with E-state index in [4.69, 9.17) is 0 Å². The molecule has 26 heavy (non-hydrogen) atoms. The van der Waals surface area contributed by atoms with Crippen LogP contribution >= 0.6 is 0 Å². The molecule has 3 atom stereocenters. The topological polar surface area (TPSA) is 32.3 Å². The summed E-state index contributed by atoms with van der Waals surface area (Å²) in [5.41, 5.74) is 1.00. The number of halogens is 3. The van der Waals surface area contributed by atoms with E-state index in [1.54, 1.807) is 17.0 Å². The van der Waals surface area contributed by atoms with E-state index in [0.717, 1.165) is 11.6 Å². The lowest BCUT2D eigenvalue weighted by molar-refractivity contribution is -0.136. The van der Waals surface area contributed by atoms with Crippen molar-refractivity contribution in [1.82, 2.24) is 10.2 Å². The Labute approximate surface area is 149 Å². The fourth-order valence-electron chi connectivity index (χ4n) is 3.81. The standard InChI is InChI=1S/C20H19F3N2O/c21-13-4-1-3-12(9-13)18-11-24-7-8-25(18)20(26)16-10-15(16)14-5-2-6-17(22)19(14)23/h1-6,9,15-16,18,24H,7-8,10-11H2. The van der Waals surface area contributed by atoms with Crippen LogP contribution in [0.3, 0.4) is 0 Å². The fraction of sp³-hybridized carbons (Fsp3) is 0.350. The van der Waals surface area contributed by atoms with Crippen LogP contribution in [0.1, 0.15) is 29.5 Å². The minimum atomic E-state index is -0.889. The third-order valence-electron chi connectivity index (χ3n) is 5.25. The first-order valence-corrected chi connectivity index (χ1v) is 8.77. The van der Waals surface area contributed by atoms with Crippen molar-refractivity contribution in [2.75, 3.05) is 19.6 Å². The first kappa shape index (κ1) is 17.1. The molecule has 0 bridgehead atoms. The van der Waals surface area contributed by atoms with Gasteiger partial charge in [-0.25, -0.2) is 13.2 Å². The SMILES string of the molecule is O=C(C1CC1c1cccc(F)c1F)N1CCNCC1c1cccc(F)c1. The van der Waals surface area contributed by atoms with Gasteiger partial charge < -0.3 is 10.2 Å². The first-order valence-electron chi connectivity index (χ1n) is 8.77. The lowest BCUT2D eigenvalue weighted by atomic mass is 10.0. The van der Waals surface area contributed by atoms with Gasteiger partial charge in [0.15, 0.2) is 11.6 Å². The number of nitrogens with zero attached hydrogens (tertiary/aromatic N) is 1. The van der Waals surface area contributed by atoms with Crippen molar-refractivity contribution in [2.24, 2.45) is 5.92 Å². The number of benzene rings is 2. The maximum atomic E-state index is 14.0. The van der Waals surface area contributed by atoms with Crippen molar-refractivity contribution in [3.8, 4) is 0 Å². The zero-order chi connectivity index (χ0) is 18.3. The molecular formula is C20H19F3N2O. The van der Waals surface area contributed by atoms with Crippen LogP contribution in [-0.2, 0) is 4.79 Å². The molecule has 3 nitrogen and oxygen atoms in total. The number of nitrogens with one attached hydrogen (secondary N) is 1. The summed E-state index contributed by atoms with van der Waals surface area (Å²) in [6.07, 6.45) is 0.513. The molecule has 6 heteroatoms. The van der Waals surface area contributed by atoms with E-state index in [1.807, 2.05) is 0 Å². The van der Waals surface area contributed by atoms with E-state index < -0.39 is 11.6 Å². The van der Waals surface area contributed by atoms with Gasteiger partial charge >= 0.3 is 0 Å². The Morgan fingerprint density at radius 3 is 2.73 bits per heavy atom. The summed E-state index contributed by atoms with van der Waals surface area (Å²) in [7, 11) is 0. The molecule has 3 unspecified atom stereocenters. The second-order valence-corrected chi connectivity index (χ2v) is 6.90. The zero-order valence-electron chi connectivity index (χ0n) is 14.1. The average Bonchev–Trinajstić information content (AvgIpc) is 3.44. The number of hydrogen-bond acceptors (Lipinski definition) is 2. The van der Waals surface area contributed by atoms with Crippen molar-refractivity contribution in [1.29, 1.82) is 0 Å². The molecule has 0 aromatic heterocycles. The Hall–Kier alpha value is -2.34. The van der Waals surface area contributed by atoms with Gasteiger partial charge in [0.25, 0.3) is 0 Å². The van der Waals surface area contributed by atoms with Crippen molar-refractivity contribution in [3.63, 3.8) is 0 Å². The molecule has 0 spiro atoms. The number of hydrogen-bond donors (Lipinski definition) is 1. The molecule has 0 radical (unpaired) electrons. The maximum absolute atomic E-state index is 14.0. The van der Waals surface area contributed by atoms with Gasteiger partial charge in [-0.15, -0.1) is 0 Å². The minimum Gasteiger partial charge on any atom is -0.333 e. The van der Waals surface area contributed by atoms with Crippen molar-refractivity contribution < 1.29 is 18.0 Å². The Morgan fingerprint density at radius 1 is 1.12 bits per heavy atom. The summed E-state index contributed by atoms with van der Waals surface area (Å²) < 4.78 is 41.0. The van der Waals surface area contributed by atoms with Gasteiger partial charge in [-0.3, -0.25) is 4.79 Å². The maximum Gasteiger partial charge on any atom is 0.226 e. The third kappa shape index (κ3) is 3.09. The predicted molar refractivity (Wildman–Crippen MR) is 90.9 cm³/mol. The van der Waals surface area contributed by atoms with Gasteiger partial charge in [0.05, 0.1) is 6.04 Å². The number of carbonyl (C=O) groups is 1. The molecule has 4 rings (SSSR count). The van der Waals surface area contributed by atoms with Crippen LogP contribution in [0.15, 0.2) is 42.5 Å². The molecule has 1 amide bonds. The number of rotatable bonds is 3. The highest BCUT2D eigenvalue weighted by Crippen LogP contribution is 2.50. The van der Waals surface area contributed by atoms with Crippen molar-refractivity contribution in [3.05, 3.63) is 71.0 Å². The number of amides is 1. The number of piperazine rings is 1. The van der Waals surface area contributed by atoms with E-state index in [-0.39, 0.29) is 35.2 Å². The van der Waals surface area contributed by atoms with E-state index in [2.05, 4.69) is 5.32 Å². The van der Waals surface area contributed by atoms with Gasteiger partial charge in [0.1, 0.15) is 5.82 Å². The highest BCUT2D eigenvalue weighted by atomic mass is 19.2. The van der Waals surface area contributed by atoms with E-state index in [0.29, 0.717) is 26.1 Å². The van der Waals surface area contributed by atoms with Gasteiger partial charge in [-0.05, 0) is 41.7 Å². The largest absolute Gasteiger partial charge is 0.333 e. The van der Waals surface area contributed by atoms with Crippen LogP contribution < -0.4 is 5.32 Å². The molecule has 1 saturated carbocycles. The molecule has 1 aliphatic carbocycles. The molecule has 2 aromatic carbocycles. The summed E-state index contributed by atoms with van der Waals surface area (Å²) in [4.78, 5) is 14.7. The van der Waals surface area contributed by atoms with Crippen molar-refractivity contribution in [2.45, 2.75) is 18.4 Å². The molecule has 1 saturated heterocycles. The zero-order valence-corrected chi connectivity index (χ0v) is 14.1. The molecule has 1 heterocycles.